The van der Waals surface area contributed by atoms with Crippen LogP contribution in [0.3, 0.4) is 0 Å². The van der Waals surface area contributed by atoms with Crippen LogP contribution in [0.5, 0.6) is 0 Å². The molecule has 3 N–H and O–H groups in total. The zero-order chi connectivity index (χ0) is 11.8. The normalized spacial score (nSPS) is 13.4. The van der Waals surface area contributed by atoms with Gasteiger partial charge in [-0.2, -0.15) is 0 Å². The first-order chi connectivity index (χ1) is 7.56. The average molecular weight is 272 g/mol. The van der Waals surface area contributed by atoms with Crippen LogP contribution >= 0.6 is 23.7 Å². The summed E-state index contributed by atoms with van der Waals surface area (Å²) in [5, 5.41) is 12.7. The number of rotatable bonds is 3. The second-order valence-electron chi connectivity index (χ2n) is 4.81. The van der Waals surface area contributed by atoms with Gasteiger partial charge in [-0.05, 0) is 22.4 Å². The highest BCUT2D eigenvalue weighted by atomic mass is 35.5. The van der Waals surface area contributed by atoms with Gasteiger partial charge in [0.15, 0.2) is 0 Å². The first-order valence-corrected chi connectivity index (χ1v) is 6.27. The quantitative estimate of drug-likeness (QED) is 0.899. The second-order valence-corrected chi connectivity index (χ2v) is 5.72. The first kappa shape index (κ1) is 14.5. The average Bonchev–Trinajstić information content (AvgIpc) is 2.71. The lowest BCUT2D eigenvalue weighted by Crippen LogP contribution is -2.32. The molecule has 1 aromatic carbocycles. The summed E-state index contributed by atoms with van der Waals surface area (Å²) in [6.45, 7) is 4.08. The number of halogens is 1. The summed E-state index contributed by atoms with van der Waals surface area (Å²) < 4.78 is 1.25. The van der Waals surface area contributed by atoms with Gasteiger partial charge in [0.2, 0.25) is 0 Å². The van der Waals surface area contributed by atoms with Gasteiger partial charge < -0.3 is 10.8 Å². The summed E-state index contributed by atoms with van der Waals surface area (Å²) in [5.74, 6) is 0. The third-order valence-corrected chi connectivity index (χ3v) is 4.08. The maximum atomic E-state index is 9.36. The molecule has 0 fully saturated rings. The lowest BCUT2D eigenvalue weighted by Gasteiger charge is -2.29. The van der Waals surface area contributed by atoms with Crippen LogP contribution in [0, 0.1) is 5.41 Å². The number of fused-ring (bicyclic) bond motifs is 1. The summed E-state index contributed by atoms with van der Waals surface area (Å²) in [6.07, 6.45) is 0. The standard InChI is InChI=1S/C13H17NOS.ClH/c1-13(2,8-15)12(14)10-7-16-11-6-4-3-5-9(10)11;/h3-7,12,15H,8,14H2,1-2H3;1H/t12-;/m1./s1. The second kappa shape index (κ2) is 5.36. The molecule has 1 atom stereocenters. The van der Waals surface area contributed by atoms with Crippen molar-refractivity contribution in [1.29, 1.82) is 0 Å². The van der Waals surface area contributed by atoms with Crippen molar-refractivity contribution in [3.63, 3.8) is 0 Å². The van der Waals surface area contributed by atoms with Gasteiger partial charge in [-0.3, -0.25) is 0 Å². The van der Waals surface area contributed by atoms with E-state index in [4.69, 9.17) is 5.73 Å². The van der Waals surface area contributed by atoms with E-state index in [-0.39, 0.29) is 30.5 Å². The van der Waals surface area contributed by atoms with Crippen LogP contribution in [0.1, 0.15) is 25.5 Å². The zero-order valence-electron chi connectivity index (χ0n) is 10.0. The van der Waals surface area contributed by atoms with Crippen LogP contribution < -0.4 is 5.73 Å². The van der Waals surface area contributed by atoms with Crippen LogP contribution in [-0.4, -0.2) is 11.7 Å². The molecule has 0 aliphatic carbocycles. The van der Waals surface area contributed by atoms with Crippen molar-refractivity contribution < 1.29 is 5.11 Å². The fourth-order valence-corrected chi connectivity index (χ4v) is 2.76. The van der Waals surface area contributed by atoms with E-state index in [1.807, 2.05) is 26.0 Å². The van der Waals surface area contributed by atoms with Crippen LogP contribution in [0.25, 0.3) is 10.1 Å². The molecule has 1 heterocycles. The molecule has 17 heavy (non-hydrogen) atoms. The van der Waals surface area contributed by atoms with Crippen molar-refractivity contribution in [1.82, 2.24) is 0 Å². The topological polar surface area (TPSA) is 46.2 Å². The van der Waals surface area contributed by atoms with E-state index < -0.39 is 0 Å². The van der Waals surface area contributed by atoms with E-state index in [1.54, 1.807) is 11.3 Å². The van der Waals surface area contributed by atoms with Crippen molar-refractivity contribution in [2.45, 2.75) is 19.9 Å². The molecule has 0 unspecified atom stereocenters. The number of nitrogens with two attached hydrogens (primary N) is 1. The number of hydrogen-bond donors (Lipinski definition) is 2. The minimum absolute atomic E-state index is 0. The highest BCUT2D eigenvalue weighted by molar-refractivity contribution is 7.17. The Balaban J connectivity index is 0.00000144. The fourth-order valence-electron chi connectivity index (χ4n) is 1.76. The van der Waals surface area contributed by atoms with Crippen molar-refractivity contribution >= 4 is 33.8 Å². The molecule has 0 radical (unpaired) electrons. The Labute approximate surface area is 112 Å². The monoisotopic (exact) mass is 271 g/mol. The number of hydrogen-bond acceptors (Lipinski definition) is 3. The van der Waals surface area contributed by atoms with E-state index in [0.717, 1.165) is 5.56 Å². The lowest BCUT2D eigenvalue weighted by atomic mass is 9.82. The smallest absolute Gasteiger partial charge is 0.0500 e. The van der Waals surface area contributed by atoms with E-state index in [1.165, 1.54) is 10.1 Å². The molecule has 2 rings (SSSR count). The number of aliphatic hydroxyl groups is 1. The van der Waals surface area contributed by atoms with Crippen LogP contribution in [-0.2, 0) is 0 Å². The van der Waals surface area contributed by atoms with Crippen LogP contribution in [0.15, 0.2) is 29.6 Å². The minimum Gasteiger partial charge on any atom is -0.396 e. The molecular formula is C13H18ClNOS. The van der Waals surface area contributed by atoms with Gasteiger partial charge in [-0.25, -0.2) is 0 Å². The highest BCUT2D eigenvalue weighted by Crippen LogP contribution is 2.37. The van der Waals surface area contributed by atoms with E-state index in [9.17, 15) is 5.11 Å². The molecule has 0 aliphatic rings. The predicted octanol–water partition coefficient (Wildman–Crippen LogP) is 3.34. The molecule has 0 bridgehead atoms. The minimum atomic E-state index is -0.288. The van der Waals surface area contributed by atoms with Gasteiger partial charge in [0.25, 0.3) is 0 Å². The number of aliphatic hydroxyl groups excluding tert-OH is 1. The number of benzene rings is 1. The molecule has 0 amide bonds. The summed E-state index contributed by atoms with van der Waals surface area (Å²) in [5.41, 5.74) is 7.09. The highest BCUT2D eigenvalue weighted by Gasteiger charge is 2.28. The van der Waals surface area contributed by atoms with Crippen molar-refractivity contribution in [3.05, 3.63) is 35.2 Å². The third-order valence-electron chi connectivity index (χ3n) is 3.10. The maximum Gasteiger partial charge on any atom is 0.0500 e. The first-order valence-electron chi connectivity index (χ1n) is 5.39. The maximum absolute atomic E-state index is 9.36. The SMILES string of the molecule is CC(C)(CO)[C@H](N)c1csc2ccccc12.Cl. The molecule has 0 aliphatic heterocycles. The molecule has 0 saturated carbocycles. The summed E-state index contributed by atoms with van der Waals surface area (Å²) in [6, 6.07) is 8.12. The van der Waals surface area contributed by atoms with Gasteiger partial charge in [0.05, 0.1) is 0 Å². The largest absolute Gasteiger partial charge is 0.396 e. The van der Waals surface area contributed by atoms with Gasteiger partial charge in [-0.1, -0.05) is 32.0 Å². The summed E-state index contributed by atoms with van der Waals surface area (Å²) >= 11 is 1.71. The summed E-state index contributed by atoms with van der Waals surface area (Å²) in [4.78, 5) is 0. The van der Waals surface area contributed by atoms with E-state index in [2.05, 4.69) is 17.5 Å². The van der Waals surface area contributed by atoms with Gasteiger partial charge in [0, 0.05) is 22.8 Å². The fraction of sp³-hybridized carbons (Fsp3) is 0.385. The summed E-state index contributed by atoms with van der Waals surface area (Å²) in [7, 11) is 0. The third kappa shape index (κ3) is 2.63. The van der Waals surface area contributed by atoms with E-state index in [0.29, 0.717) is 0 Å². The predicted molar refractivity (Wildman–Crippen MR) is 76.9 cm³/mol. The van der Waals surface area contributed by atoms with E-state index >= 15 is 0 Å². The van der Waals surface area contributed by atoms with Crippen molar-refractivity contribution in [3.8, 4) is 0 Å². The Kier molecular flexibility index (Phi) is 4.55. The molecular weight excluding hydrogens is 254 g/mol. The molecule has 0 spiro atoms. The van der Waals surface area contributed by atoms with Gasteiger partial charge in [0.1, 0.15) is 0 Å². The molecule has 4 heteroatoms. The van der Waals surface area contributed by atoms with Crippen LogP contribution in [0.2, 0.25) is 0 Å². The molecule has 94 valence electrons. The van der Waals surface area contributed by atoms with Crippen LogP contribution in [0.4, 0.5) is 0 Å². The Morgan fingerprint density at radius 3 is 2.65 bits per heavy atom. The zero-order valence-corrected chi connectivity index (χ0v) is 11.6. The Hall–Kier alpha value is -0.610. The Bertz CT molecular complexity index is 495. The lowest BCUT2D eigenvalue weighted by molar-refractivity contribution is 0.133. The van der Waals surface area contributed by atoms with Crippen molar-refractivity contribution in [2.24, 2.45) is 11.1 Å². The molecule has 0 saturated heterocycles. The number of thiophene rings is 1. The van der Waals surface area contributed by atoms with Gasteiger partial charge in [-0.15, -0.1) is 23.7 Å². The molecule has 1 aromatic heterocycles. The molecule has 2 nitrogen and oxygen atoms in total. The Morgan fingerprint density at radius 1 is 1.35 bits per heavy atom. The van der Waals surface area contributed by atoms with Crippen molar-refractivity contribution in [2.75, 3.05) is 6.61 Å². The Morgan fingerprint density at radius 2 is 2.00 bits per heavy atom. The van der Waals surface area contributed by atoms with Gasteiger partial charge >= 0.3 is 0 Å². The molecule has 2 aromatic rings.